The van der Waals surface area contributed by atoms with Gasteiger partial charge in [0.1, 0.15) is 18.3 Å². The molecule has 0 bridgehead atoms. The first-order valence-corrected chi connectivity index (χ1v) is 15.6. The standard InChI is InChI=1S/C28H38BrN3O5S/c1-5-26(28(34)30-22-11-7-6-8-12-22)31(18-21-10-9-13-24(17-21)37-3)27(33)19-32(38(4,35)36)23-14-15-25(29)20(2)16-23/h9-10,13-17,22,26H,5-8,11-12,18-19H2,1-4H3,(H,30,34)/t26-/m0/s1. The molecule has 0 heterocycles. The molecule has 0 saturated heterocycles. The van der Waals surface area contributed by atoms with E-state index in [-0.39, 0.29) is 18.5 Å². The molecule has 0 aromatic heterocycles. The molecule has 208 valence electrons. The fourth-order valence-electron chi connectivity index (χ4n) is 4.83. The summed E-state index contributed by atoms with van der Waals surface area (Å²) >= 11 is 3.44. The summed E-state index contributed by atoms with van der Waals surface area (Å²) in [5, 5.41) is 3.15. The number of sulfonamides is 1. The Morgan fingerprint density at radius 3 is 2.45 bits per heavy atom. The van der Waals surface area contributed by atoms with Crippen molar-refractivity contribution < 1.29 is 22.7 Å². The molecule has 1 saturated carbocycles. The van der Waals surface area contributed by atoms with Crippen LogP contribution in [0.4, 0.5) is 5.69 Å². The van der Waals surface area contributed by atoms with Crippen LogP contribution in [0.2, 0.25) is 0 Å². The van der Waals surface area contributed by atoms with Crippen LogP contribution in [0, 0.1) is 6.92 Å². The smallest absolute Gasteiger partial charge is 0.244 e. The molecule has 0 aliphatic heterocycles. The Hall–Kier alpha value is -2.59. The van der Waals surface area contributed by atoms with Crippen LogP contribution in [-0.2, 0) is 26.2 Å². The lowest BCUT2D eigenvalue weighted by Crippen LogP contribution is -2.53. The minimum absolute atomic E-state index is 0.0948. The van der Waals surface area contributed by atoms with Crippen molar-refractivity contribution in [2.24, 2.45) is 0 Å². The van der Waals surface area contributed by atoms with Crippen LogP contribution in [0.5, 0.6) is 5.75 Å². The van der Waals surface area contributed by atoms with E-state index in [1.807, 2.05) is 38.1 Å². The summed E-state index contributed by atoms with van der Waals surface area (Å²) in [6.07, 6.45) is 6.64. The molecular weight excluding hydrogens is 570 g/mol. The molecule has 0 radical (unpaired) electrons. The monoisotopic (exact) mass is 607 g/mol. The van der Waals surface area contributed by atoms with Crippen molar-refractivity contribution in [1.82, 2.24) is 10.2 Å². The quantitative estimate of drug-likeness (QED) is 0.396. The van der Waals surface area contributed by atoms with Crippen LogP contribution in [0.3, 0.4) is 0 Å². The van der Waals surface area contributed by atoms with Crippen molar-refractivity contribution in [1.29, 1.82) is 0 Å². The summed E-state index contributed by atoms with van der Waals surface area (Å²) in [4.78, 5) is 28.8. The van der Waals surface area contributed by atoms with Gasteiger partial charge in [0.15, 0.2) is 0 Å². The maximum absolute atomic E-state index is 13.9. The Balaban J connectivity index is 1.94. The molecule has 0 spiro atoms. The van der Waals surface area contributed by atoms with Crippen LogP contribution in [0.25, 0.3) is 0 Å². The molecule has 0 unspecified atom stereocenters. The molecule has 2 aromatic rings. The van der Waals surface area contributed by atoms with Crippen LogP contribution in [0.15, 0.2) is 46.9 Å². The summed E-state index contributed by atoms with van der Waals surface area (Å²) in [7, 11) is -2.22. The average Bonchev–Trinajstić information content (AvgIpc) is 2.88. The van der Waals surface area contributed by atoms with E-state index in [2.05, 4.69) is 21.2 Å². The van der Waals surface area contributed by atoms with Gasteiger partial charge in [-0.15, -0.1) is 0 Å². The van der Waals surface area contributed by atoms with E-state index in [0.717, 1.165) is 51.8 Å². The van der Waals surface area contributed by atoms with E-state index >= 15 is 0 Å². The number of anilines is 1. The average molecular weight is 609 g/mol. The Bertz CT molecular complexity index is 1230. The number of ether oxygens (including phenoxy) is 1. The summed E-state index contributed by atoms with van der Waals surface area (Å²) in [5.41, 5.74) is 2.02. The number of carbonyl (C=O) groups excluding carboxylic acids is 2. The highest BCUT2D eigenvalue weighted by Crippen LogP contribution is 2.26. The fraction of sp³-hybridized carbons (Fsp3) is 0.500. The fourth-order valence-corrected chi connectivity index (χ4v) is 5.92. The summed E-state index contributed by atoms with van der Waals surface area (Å²) in [6.45, 7) is 3.44. The molecule has 2 amide bonds. The molecule has 8 nitrogen and oxygen atoms in total. The number of rotatable bonds is 11. The van der Waals surface area contributed by atoms with Crippen LogP contribution < -0.4 is 14.4 Å². The molecule has 10 heteroatoms. The number of nitrogens with zero attached hydrogens (tertiary/aromatic N) is 2. The van der Waals surface area contributed by atoms with E-state index in [0.29, 0.717) is 17.9 Å². The molecule has 2 aromatic carbocycles. The highest BCUT2D eigenvalue weighted by atomic mass is 79.9. The van der Waals surface area contributed by atoms with E-state index in [1.165, 1.54) is 11.3 Å². The first-order chi connectivity index (χ1) is 18.0. The van der Waals surface area contributed by atoms with Gasteiger partial charge >= 0.3 is 0 Å². The van der Waals surface area contributed by atoms with Crippen molar-refractivity contribution in [2.75, 3.05) is 24.2 Å². The van der Waals surface area contributed by atoms with Crippen LogP contribution in [-0.4, -0.2) is 57.1 Å². The van der Waals surface area contributed by atoms with Crippen molar-refractivity contribution >= 4 is 43.5 Å². The summed E-state index contributed by atoms with van der Waals surface area (Å²) in [6, 6.07) is 11.8. The largest absolute Gasteiger partial charge is 0.497 e. The third-order valence-corrected chi connectivity index (χ3v) is 8.96. The van der Waals surface area contributed by atoms with Gasteiger partial charge in [0.05, 0.1) is 19.1 Å². The number of nitrogens with one attached hydrogen (secondary N) is 1. The van der Waals surface area contributed by atoms with Gasteiger partial charge in [0.25, 0.3) is 0 Å². The van der Waals surface area contributed by atoms with E-state index < -0.39 is 28.5 Å². The first-order valence-electron chi connectivity index (χ1n) is 13.0. The topological polar surface area (TPSA) is 96.0 Å². The minimum Gasteiger partial charge on any atom is -0.497 e. The normalized spacial score (nSPS) is 15.0. The molecular formula is C28H38BrN3O5S. The summed E-state index contributed by atoms with van der Waals surface area (Å²) in [5.74, 6) is -0.0248. The molecule has 1 aliphatic rings. The number of halogens is 1. The summed E-state index contributed by atoms with van der Waals surface area (Å²) < 4.78 is 32.9. The zero-order chi connectivity index (χ0) is 27.9. The Labute approximate surface area is 234 Å². The number of carbonyl (C=O) groups is 2. The molecule has 3 rings (SSSR count). The lowest BCUT2D eigenvalue weighted by molar-refractivity contribution is -0.140. The molecule has 1 aliphatic carbocycles. The number of benzene rings is 2. The number of hydrogen-bond acceptors (Lipinski definition) is 5. The minimum atomic E-state index is -3.79. The van der Waals surface area contributed by atoms with Gasteiger partial charge in [-0.3, -0.25) is 13.9 Å². The lowest BCUT2D eigenvalue weighted by Gasteiger charge is -2.34. The molecule has 1 N–H and O–H groups in total. The van der Waals surface area contributed by atoms with Crippen molar-refractivity contribution in [3.8, 4) is 5.75 Å². The maximum atomic E-state index is 13.9. The second-order valence-corrected chi connectivity index (χ2v) is 12.6. The zero-order valence-electron chi connectivity index (χ0n) is 22.6. The Kier molecular flexibility index (Phi) is 10.6. The van der Waals surface area contributed by atoms with Gasteiger partial charge < -0.3 is 15.0 Å². The van der Waals surface area contributed by atoms with Gasteiger partial charge in [-0.1, -0.05) is 54.2 Å². The molecule has 38 heavy (non-hydrogen) atoms. The SMILES string of the molecule is CC[C@@H](C(=O)NC1CCCCC1)N(Cc1cccc(OC)c1)C(=O)CN(c1ccc(Br)c(C)c1)S(C)(=O)=O. The van der Waals surface area contributed by atoms with E-state index in [9.17, 15) is 18.0 Å². The Morgan fingerprint density at radius 1 is 1.13 bits per heavy atom. The number of amides is 2. The Morgan fingerprint density at radius 2 is 1.84 bits per heavy atom. The second kappa shape index (κ2) is 13.5. The lowest BCUT2D eigenvalue weighted by atomic mass is 9.95. The van der Waals surface area contributed by atoms with E-state index in [4.69, 9.17) is 4.74 Å². The van der Waals surface area contributed by atoms with Crippen molar-refractivity contribution in [2.45, 2.75) is 71.0 Å². The van der Waals surface area contributed by atoms with Gasteiger partial charge in [-0.2, -0.15) is 0 Å². The first kappa shape index (κ1) is 30.0. The maximum Gasteiger partial charge on any atom is 0.244 e. The third-order valence-electron chi connectivity index (χ3n) is 6.93. The highest BCUT2D eigenvalue weighted by molar-refractivity contribution is 9.10. The number of methoxy groups -OCH3 is 1. The van der Waals surface area contributed by atoms with Gasteiger partial charge in [0, 0.05) is 17.1 Å². The highest BCUT2D eigenvalue weighted by Gasteiger charge is 2.33. The van der Waals surface area contributed by atoms with Gasteiger partial charge in [-0.05, 0) is 67.6 Å². The number of hydrogen-bond donors (Lipinski definition) is 1. The zero-order valence-corrected chi connectivity index (χ0v) is 25.0. The predicted octanol–water partition coefficient (Wildman–Crippen LogP) is 4.79. The molecule has 1 atom stereocenters. The third kappa shape index (κ3) is 7.96. The van der Waals surface area contributed by atoms with Crippen LogP contribution in [0.1, 0.15) is 56.6 Å². The van der Waals surface area contributed by atoms with E-state index in [1.54, 1.807) is 25.3 Å². The van der Waals surface area contributed by atoms with Gasteiger partial charge in [0.2, 0.25) is 21.8 Å². The van der Waals surface area contributed by atoms with Crippen LogP contribution >= 0.6 is 15.9 Å². The van der Waals surface area contributed by atoms with Gasteiger partial charge in [-0.25, -0.2) is 8.42 Å². The van der Waals surface area contributed by atoms with Crippen molar-refractivity contribution in [3.05, 3.63) is 58.1 Å². The van der Waals surface area contributed by atoms with Crippen molar-refractivity contribution in [3.63, 3.8) is 0 Å². The number of aryl methyl sites for hydroxylation is 1. The second-order valence-electron chi connectivity index (χ2n) is 9.84. The molecule has 1 fully saturated rings. The predicted molar refractivity (Wildman–Crippen MR) is 154 cm³/mol.